The van der Waals surface area contributed by atoms with Crippen molar-refractivity contribution in [1.82, 2.24) is 0 Å². The maximum atomic E-state index is 11.2. The van der Waals surface area contributed by atoms with Crippen molar-refractivity contribution in [2.75, 3.05) is 6.61 Å². The molecule has 0 atom stereocenters. The van der Waals surface area contributed by atoms with Crippen molar-refractivity contribution in [2.45, 2.75) is 20.8 Å². The highest BCUT2D eigenvalue weighted by molar-refractivity contribution is 5.89. The van der Waals surface area contributed by atoms with Gasteiger partial charge in [0.15, 0.2) is 0 Å². The first-order valence-corrected chi connectivity index (χ1v) is 4.24. The van der Waals surface area contributed by atoms with Gasteiger partial charge in [-0.25, -0.2) is 9.59 Å². The quantitative estimate of drug-likeness (QED) is 0.422. The number of esters is 1. The molecule has 0 aromatic heterocycles. The second kappa shape index (κ2) is 5.96. The number of carboxylic acids is 1. The molecule has 0 saturated carbocycles. The van der Waals surface area contributed by atoms with Crippen LogP contribution in [0.2, 0.25) is 0 Å². The van der Waals surface area contributed by atoms with Crippen LogP contribution in [0.3, 0.4) is 0 Å². The number of allylic oxidation sites excluding steroid dienone is 2. The molecular weight excluding hydrogens is 184 g/mol. The topological polar surface area (TPSA) is 63.6 Å². The van der Waals surface area contributed by atoms with Gasteiger partial charge in [0.25, 0.3) is 0 Å². The van der Waals surface area contributed by atoms with Crippen molar-refractivity contribution >= 4 is 11.9 Å². The molecule has 0 saturated heterocycles. The number of ether oxygens (including phenoxy) is 1. The lowest BCUT2D eigenvalue weighted by molar-refractivity contribution is -0.138. The lowest BCUT2D eigenvalue weighted by Gasteiger charge is -2.03. The zero-order chi connectivity index (χ0) is 11.1. The third-order valence-corrected chi connectivity index (χ3v) is 1.65. The number of hydrogen-bond acceptors (Lipinski definition) is 3. The molecule has 0 aliphatic carbocycles. The fourth-order valence-corrected chi connectivity index (χ4v) is 0.722. The van der Waals surface area contributed by atoms with Gasteiger partial charge in [0.2, 0.25) is 0 Å². The van der Waals surface area contributed by atoms with E-state index in [1.54, 1.807) is 20.8 Å². The van der Waals surface area contributed by atoms with E-state index in [9.17, 15) is 9.59 Å². The van der Waals surface area contributed by atoms with Crippen LogP contribution in [0.1, 0.15) is 20.8 Å². The Bertz CT molecular complexity index is 286. The maximum absolute atomic E-state index is 11.2. The molecule has 0 rings (SSSR count). The average molecular weight is 198 g/mol. The first kappa shape index (κ1) is 12.4. The first-order valence-electron chi connectivity index (χ1n) is 4.24. The Labute approximate surface area is 82.9 Å². The number of carboxylic acid groups (broad SMARTS) is 1. The van der Waals surface area contributed by atoms with Crippen LogP contribution in [0, 0.1) is 0 Å². The van der Waals surface area contributed by atoms with Crippen molar-refractivity contribution in [2.24, 2.45) is 0 Å². The van der Waals surface area contributed by atoms with Gasteiger partial charge in [0, 0.05) is 11.6 Å². The third kappa shape index (κ3) is 4.45. The minimum absolute atomic E-state index is 0.312. The molecular formula is C10H14O4. The molecule has 0 unspecified atom stereocenters. The fraction of sp³-hybridized carbons (Fsp3) is 0.400. The average Bonchev–Trinajstić information content (AvgIpc) is 2.13. The van der Waals surface area contributed by atoms with Gasteiger partial charge < -0.3 is 9.84 Å². The summed E-state index contributed by atoms with van der Waals surface area (Å²) in [5.74, 6) is -1.46. The van der Waals surface area contributed by atoms with Crippen molar-refractivity contribution in [3.8, 4) is 0 Å². The summed E-state index contributed by atoms with van der Waals surface area (Å²) in [6.45, 7) is 5.28. The summed E-state index contributed by atoms with van der Waals surface area (Å²) in [6.07, 6.45) is 2.35. The molecule has 0 spiro atoms. The predicted molar refractivity (Wildman–Crippen MR) is 51.8 cm³/mol. The van der Waals surface area contributed by atoms with E-state index in [1.807, 2.05) is 0 Å². The first-order chi connectivity index (χ1) is 6.49. The van der Waals surface area contributed by atoms with E-state index >= 15 is 0 Å². The predicted octanol–water partition coefficient (Wildman–Crippen LogP) is 1.53. The fourth-order valence-electron chi connectivity index (χ4n) is 0.722. The van der Waals surface area contributed by atoms with E-state index in [2.05, 4.69) is 0 Å². The summed E-state index contributed by atoms with van der Waals surface area (Å²) in [5.41, 5.74) is 1.01. The van der Waals surface area contributed by atoms with Gasteiger partial charge in [0.1, 0.15) is 0 Å². The third-order valence-electron chi connectivity index (χ3n) is 1.65. The molecule has 0 fully saturated rings. The van der Waals surface area contributed by atoms with Gasteiger partial charge in [-0.05, 0) is 26.3 Å². The SMILES string of the molecule is CCOC(=O)/C(C)=C(C)/C=C/C(=O)O. The van der Waals surface area contributed by atoms with Gasteiger partial charge in [-0.1, -0.05) is 6.08 Å². The number of carbonyl (C=O) groups excluding carboxylic acids is 1. The van der Waals surface area contributed by atoms with E-state index in [0.717, 1.165) is 6.08 Å². The van der Waals surface area contributed by atoms with Crippen molar-refractivity contribution in [1.29, 1.82) is 0 Å². The zero-order valence-corrected chi connectivity index (χ0v) is 8.53. The highest BCUT2D eigenvalue weighted by atomic mass is 16.5. The molecule has 0 heterocycles. The summed E-state index contributed by atoms with van der Waals surface area (Å²) in [7, 11) is 0. The Hall–Kier alpha value is -1.58. The summed E-state index contributed by atoms with van der Waals surface area (Å²) in [6, 6.07) is 0. The van der Waals surface area contributed by atoms with Crippen LogP contribution in [0.4, 0.5) is 0 Å². The second-order valence-corrected chi connectivity index (χ2v) is 2.70. The van der Waals surface area contributed by atoms with E-state index in [-0.39, 0.29) is 0 Å². The van der Waals surface area contributed by atoms with Crippen LogP contribution in [0.15, 0.2) is 23.3 Å². The Kier molecular flexibility index (Phi) is 5.29. The van der Waals surface area contributed by atoms with Crippen LogP contribution >= 0.6 is 0 Å². The minimum atomic E-state index is -1.04. The molecule has 0 amide bonds. The summed E-state index contributed by atoms with van der Waals surface area (Å²) in [5, 5.41) is 8.36. The van der Waals surface area contributed by atoms with Gasteiger partial charge >= 0.3 is 11.9 Å². The summed E-state index contributed by atoms with van der Waals surface area (Å²) >= 11 is 0. The van der Waals surface area contributed by atoms with Crippen LogP contribution in [0.25, 0.3) is 0 Å². The Morgan fingerprint density at radius 3 is 2.29 bits per heavy atom. The lowest BCUT2D eigenvalue weighted by atomic mass is 10.1. The lowest BCUT2D eigenvalue weighted by Crippen LogP contribution is -2.06. The molecule has 4 nitrogen and oxygen atoms in total. The molecule has 0 aromatic rings. The Morgan fingerprint density at radius 2 is 1.86 bits per heavy atom. The van der Waals surface area contributed by atoms with E-state index < -0.39 is 11.9 Å². The molecule has 1 N–H and O–H groups in total. The summed E-state index contributed by atoms with van der Waals surface area (Å²) in [4.78, 5) is 21.4. The van der Waals surface area contributed by atoms with Crippen LogP contribution < -0.4 is 0 Å². The molecule has 0 aliphatic rings. The van der Waals surface area contributed by atoms with Gasteiger partial charge in [-0.15, -0.1) is 0 Å². The normalized spacial score (nSPS) is 12.5. The standard InChI is InChI=1S/C10H14O4/c1-4-14-10(13)8(3)7(2)5-6-9(11)12/h5-6H,4H2,1-3H3,(H,11,12)/b6-5+,8-7+. The molecule has 4 heteroatoms. The minimum Gasteiger partial charge on any atom is -0.478 e. The highest BCUT2D eigenvalue weighted by Gasteiger charge is 2.06. The van der Waals surface area contributed by atoms with Crippen molar-refractivity contribution in [3.05, 3.63) is 23.3 Å². The maximum Gasteiger partial charge on any atom is 0.333 e. The van der Waals surface area contributed by atoms with Gasteiger partial charge in [-0.3, -0.25) is 0 Å². The van der Waals surface area contributed by atoms with E-state index in [0.29, 0.717) is 17.8 Å². The molecule has 0 aromatic carbocycles. The highest BCUT2D eigenvalue weighted by Crippen LogP contribution is 2.06. The van der Waals surface area contributed by atoms with Gasteiger partial charge in [0.05, 0.1) is 6.61 Å². The molecule has 14 heavy (non-hydrogen) atoms. The number of carbonyl (C=O) groups is 2. The van der Waals surface area contributed by atoms with Crippen molar-refractivity contribution < 1.29 is 19.4 Å². The van der Waals surface area contributed by atoms with Gasteiger partial charge in [-0.2, -0.15) is 0 Å². The zero-order valence-electron chi connectivity index (χ0n) is 8.53. The van der Waals surface area contributed by atoms with E-state index in [1.165, 1.54) is 6.08 Å². The Morgan fingerprint density at radius 1 is 1.29 bits per heavy atom. The smallest absolute Gasteiger partial charge is 0.333 e. The largest absolute Gasteiger partial charge is 0.478 e. The van der Waals surface area contributed by atoms with E-state index in [4.69, 9.17) is 9.84 Å². The van der Waals surface area contributed by atoms with Crippen LogP contribution in [-0.2, 0) is 14.3 Å². The van der Waals surface area contributed by atoms with Crippen molar-refractivity contribution in [3.63, 3.8) is 0 Å². The van der Waals surface area contributed by atoms with Crippen LogP contribution in [0.5, 0.6) is 0 Å². The number of hydrogen-bond donors (Lipinski definition) is 1. The van der Waals surface area contributed by atoms with Crippen LogP contribution in [-0.4, -0.2) is 23.7 Å². The summed E-state index contributed by atoms with van der Waals surface area (Å²) < 4.78 is 4.75. The molecule has 78 valence electrons. The molecule has 0 aliphatic heterocycles. The molecule has 0 bridgehead atoms. The Balaban J connectivity index is 4.58. The number of aliphatic carboxylic acids is 1. The number of rotatable bonds is 4. The second-order valence-electron chi connectivity index (χ2n) is 2.70. The monoisotopic (exact) mass is 198 g/mol. The molecule has 0 radical (unpaired) electrons.